The van der Waals surface area contributed by atoms with Crippen molar-refractivity contribution in [2.75, 3.05) is 23.3 Å². The van der Waals surface area contributed by atoms with Crippen LogP contribution in [-0.4, -0.2) is 26.8 Å². The number of benzene rings is 2. The van der Waals surface area contributed by atoms with Gasteiger partial charge in [0.25, 0.3) is 5.91 Å². The first-order valence-corrected chi connectivity index (χ1v) is 9.13. The Morgan fingerprint density at radius 1 is 1.04 bits per heavy atom. The minimum Gasteiger partial charge on any atom is -0.371 e. The molecule has 3 nitrogen and oxygen atoms in total. The van der Waals surface area contributed by atoms with Gasteiger partial charge in [-0.15, -0.1) is 0 Å². The molecule has 1 amide bonds. The summed E-state index contributed by atoms with van der Waals surface area (Å²) in [6, 6.07) is 8.08. The molecule has 0 saturated carbocycles. The average Bonchev–Trinajstić information content (AvgIpc) is 3.07. The number of amides is 1. The molecule has 1 aliphatic heterocycles. The van der Waals surface area contributed by atoms with Crippen LogP contribution in [0.15, 0.2) is 24.3 Å². The molecule has 1 aliphatic rings. The van der Waals surface area contributed by atoms with Gasteiger partial charge in [0, 0.05) is 30.0 Å². The summed E-state index contributed by atoms with van der Waals surface area (Å²) in [5.74, 6) is -0.0244. The predicted octanol–water partition coefficient (Wildman–Crippen LogP) is 3.03. The highest BCUT2D eigenvalue weighted by Gasteiger charge is 2.21. The van der Waals surface area contributed by atoms with Crippen LogP contribution in [0.4, 0.5) is 11.4 Å². The molecule has 130 valence electrons. The molecule has 1 heterocycles. The SMILES string of the molecule is Bc1c(C)cccc1C(=O)Nc1c(C)cc(C)c(N2CCCC2)c1C. The van der Waals surface area contributed by atoms with E-state index in [9.17, 15) is 4.79 Å². The van der Waals surface area contributed by atoms with E-state index in [0.717, 1.165) is 40.9 Å². The van der Waals surface area contributed by atoms with Crippen molar-refractivity contribution in [3.8, 4) is 0 Å². The molecule has 0 unspecified atom stereocenters. The van der Waals surface area contributed by atoms with E-state index in [4.69, 9.17) is 0 Å². The lowest BCUT2D eigenvalue weighted by Gasteiger charge is -2.26. The van der Waals surface area contributed by atoms with E-state index in [0.29, 0.717) is 0 Å². The van der Waals surface area contributed by atoms with Gasteiger partial charge >= 0.3 is 0 Å². The van der Waals surface area contributed by atoms with E-state index >= 15 is 0 Å². The Kier molecular flexibility index (Phi) is 4.89. The molecule has 0 atom stereocenters. The van der Waals surface area contributed by atoms with Gasteiger partial charge in [0.05, 0.1) is 0 Å². The lowest BCUT2D eigenvalue weighted by atomic mass is 9.86. The van der Waals surface area contributed by atoms with Crippen molar-refractivity contribution >= 4 is 30.6 Å². The molecule has 0 bridgehead atoms. The maximum absolute atomic E-state index is 12.9. The molecule has 0 aromatic heterocycles. The van der Waals surface area contributed by atoms with Crippen LogP contribution >= 0.6 is 0 Å². The smallest absolute Gasteiger partial charge is 0.255 e. The fourth-order valence-corrected chi connectivity index (χ4v) is 3.97. The number of nitrogens with zero attached hydrogens (tertiary/aromatic N) is 1. The number of nitrogens with one attached hydrogen (secondary N) is 1. The monoisotopic (exact) mass is 334 g/mol. The maximum Gasteiger partial charge on any atom is 0.255 e. The molecular formula is C21H27BN2O. The van der Waals surface area contributed by atoms with Crippen molar-refractivity contribution in [1.29, 1.82) is 0 Å². The highest BCUT2D eigenvalue weighted by Crippen LogP contribution is 2.35. The van der Waals surface area contributed by atoms with Gasteiger partial charge in [0.1, 0.15) is 7.85 Å². The van der Waals surface area contributed by atoms with Crippen LogP contribution in [0.25, 0.3) is 0 Å². The third kappa shape index (κ3) is 3.30. The Balaban J connectivity index is 1.98. The van der Waals surface area contributed by atoms with Gasteiger partial charge in [0.2, 0.25) is 0 Å². The molecular weight excluding hydrogens is 307 g/mol. The third-order valence-electron chi connectivity index (χ3n) is 5.44. The van der Waals surface area contributed by atoms with Gasteiger partial charge in [-0.3, -0.25) is 4.79 Å². The second-order valence-corrected chi connectivity index (χ2v) is 7.25. The van der Waals surface area contributed by atoms with Crippen LogP contribution in [0, 0.1) is 27.7 Å². The summed E-state index contributed by atoms with van der Waals surface area (Å²) < 4.78 is 0. The minimum atomic E-state index is -0.0244. The summed E-state index contributed by atoms with van der Waals surface area (Å²) in [6.07, 6.45) is 2.49. The lowest BCUT2D eigenvalue weighted by Crippen LogP contribution is -2.25. The molecule has 25 heavy (non-hydrogen) atoms. The molecule has 3 rings (SSSR count). The summed E-state index contributed by atoms with van der Waals surface area (Å²) >= 11 is 0. The van der Waals surface area contributed by atoms with E-state index in [-0.39, 0.29) is 5.91 Å². The van der Waals surface area contributed by atoms with Crippen molar-refractivity contribution in [3.05, 3.63) is 52.1 Å². The third-order valence-corrected chi connectivity index (χ3v) is 5.44. The van der Waals surface area contributed by atoms with Crippen molar-refractivity contribution < 1.29 is 4.79 Å². The molecule has 4 heteroatoms. The number of carbonyl (C=O) groups excluding carboxylic acids is 1. The number of rotatable bonds is 3. The Morgan fingerprint density at radius 2 is 1.72 bits per heavy atom. The summed E-state index contributed by atoms with van der Waals surface area (Å²) in [6.45, 7) is 10.6. The number of hydrogen-bond acceptors (Lipinski definition) is 2. The second kappa shape index (κ2) is 6.95. The van der Waals surface area contributed by atoms with Crippen molar-refractivity contribution in [1.82, 2.24) is 0 Å². The zero-order chi connectivity index (χ0) is 18.1. The fraction of sp³-hybridized carbons (Fsp3) is 0.381. The first-order chi connectivity index (χ1) is 11.9. The van der Waals surface area contributed by atoms with E-state index in [1.807, 2.05) is 33.0 Å². The molecule has 1 N–H and O–H groups in total. The van der Waals surface area contributed by atoms with Gasteiger partial charge in [-0.1, -0.05) is 35.3 Å². The van der Waals surface area contributed by atoms with E-state index in [2.05, 4.69) is 37.1 Å². The van der Waals surface area contributed by atoms with Crippen LogP contribution in [0.2, 0.25) is 0 Å². The van der Waals surface area contributed by atoms with Crippen LogP contribution in [-0.2, 0) is 0 Å². The molecule has 2 aromatic carbocycles. The fourth-order valence-electron chi connectivity index (χ4n) is 3.97. The zero-order valence-corrected chi connectivity index (χ0v) is 16.0. The van der Waals surface area contributed by atoms with E-state index in [1.165, 1.54) is 29.7 Å². The van der Waals surface area contributed by atoms with Gasteiger partial charge in [-0.25, -0.2) is 0 Å². The lowest BCUT2D eigenvalue weighted by molar-refractivity contribution is 0.102. The summed E-state index contributed by atoms with van der Waals surface area (Å²) in [5, 5.41) is 3.19. The summed E-state index contributed by atoms with van der Waals surface area (Å²) in [4.78, 5) is 15.3. The largest absolute Gasteiger partial charge is 0.371 e. The van der Waals surface area contributed by atoms with E-state index < -0.39 is 0 Å². The predicted molar refractivity (Wildman–Crippen MR) is 109 cm³/mol. The minimum absolute atomic E-state index is 0.0244. The van der Waals surface area contributed by atoms with E-state index in [1.54, 1.807) is 0 Å². The quantitative estimate of drug-likeness (QED) is 0.875. The van der Waals surface area contributed by atoms with Gasteiger partial charge < -0.3 is 10.2 Å². The second-order valence-electron chi connectivity index (χ2n) is 7.25. The highest BCUT2D eigenvalue weighted by molar-refractivity contribution is 6.38. The molecule has 0 radical (unpaired) electrons. The van der Waals surface area contributed by atoms with Crippen molar-refractivity contribution in [2.45, 2.75) is 40.5 Å². The van der Waals surface area contributed by atoms with Crippen LogP contribution in [0.5, 0.6) is 0 Å². The Bertz CT molecular complexity index is 823. The van der Waals surface area contributed by atoms with Gasteiger partial charge in [0.15, 0.2) is 0 Å². The molecule has 0 aliphatic carbocycles. The van der Waals surface area contributed by atoms with Crippen molar-refractivity contribution in [3.63, 3.8) is 0 Å². The molecule has 0 spiro atoms. The standard InChI is InChI=1S/C21H27BN2O/c1-13-8-7-9-17(18(13)22)21(25)23-19-14(2)12-15(3)20(16(19)4)24-10-5-6-11-24/h7-9,12H,5-6,10-11,22H2,1-4H3,(H,23,25). The average molecular weight is 334 g/mol. The Morgan fingerprint density at radius 3 is 2.40 bits per heavy atom. The van der Waals surface area contributed by atoms with Crippen LogP contribution in [0.1, 0.15) is 45.5 Å². The zero-order valence-electron chi connectivity index (χ0n) is 16.0. The van der Waals surface area contributed by atoms with Gasteiger partial charge in [-0.2, -0.15) is 0 Å². The number of anilines is 2. The number of aryl methyl sites for hydroxylation is 3. The Hall–Kier alpha value is -2.23. The molecule has 1 saturated heterocycles. The topological polar surface area (TPSA) is 32.3 Å². The normalized spacial score (nSPS) is 14.0. The first kappa shape index (κ1) is 17.6. The Labute approximate surface area is 151 Å². The van der Waals surface area contributed by atoms with Crippen LogP contribution < -0.4 is 15.7 Å². The highest BCUT2D eigenvalue weighted by atomic mass is 16.1. The summed E-state index contributed by atoms with van der Waals surface area (Å²) in [7, 11) is 2.01. The number of hydrogen-bond donors (Lipinski definition) is 1. The molecule has 1 fully saturated rings. The number of carbonyl (C=O) groups is 1. The van der Waals surface area contributed by atoms with Crippen molar-refractivity contribution in [2.24, 2.45) is 0 Å². The summed E-state index contributed by atoms with van der Waals surface area (Å²) in [5.41, 5.74) is 8.78. The van der Waals surface area contributed by atoms with Crippen LogP contribution in [0.3, 0.4) is 0 Å². The first-order valence-electron chi connectivity index (χ1n) is 9.13. The molecule has 2 aromatic rings. The van der Waals surface area contributed by atoms with Gasteiger partial charge in [-0.05, 0) is 57.2 Å². The maximum atomic E-state index is 12.9.